The number of ether oxygens (including phenoxy) is 1. The van der Waals surface area contributed by atoms with Gasteiger partial charge in [-0.1, -0.05) is 24.3 Å². The molecular weight excluding hydrogens is 260 g/mol. The van der Waals surface area contributed by atoms with Gasteiger partial charge in [-0.25, -0.2) is 0 Å². The van der Waals surface area contributed by atoms with Gasteiger partial charge in [0.05, 0.1) is 7.11 Å². The summed E-state index contributed by atoms with van der Waals surface area (Å²) in [6.45, 7) is 4.28. The number of methoxy groups -OCH3 is 1. The van der Waals surface area contributed by atoms with Gasteiger partial charge in [0, 0.05) is 24.5 Å². The zero-order chi connectivity index (χ0) is 15.4. The van der Waals surface area contributed by atoms with Crippen LogP contribution in [-0.4, -0.2) is 20.2 Å². The van der Waals surface area contributed by atoms with Crippen LogP contribution in [0.5, 0.6) is 5.75 Å². The van der Waals surface area contributed by atoms with Crippen molar-refractivity contribution in [1.82, 2.24) is 0 Å². The zero-order valence-electron chi connectivity index (χ0n) is 13.3. The van der Waals surface area contributed by atoms with E-state index in [2.05, 4.69) is 44.0 Å². The van der Waals surface area contributed by atoms with E-state index in [0.29, 0.717) is 6.04 Å². The first-order chi connectivity index (χ1) is 10.0. The van der Waals surface area contributed by atoms with E-state index >= 15 is 0 Å². The fourth-order valence-corrected chi connectivity index (χ4v) is 2.59. The molecule has 0 saturated carbocycles. The van der Waals surface area contributed by atoms with Crippen molar-refractivity contribution < 1.29 is 4.74 Å². The van der Waals surface area contributed by atoms with Gasteiger partial charge < -0.3 is 15.4 Å². The molecule has 2 rings (SSSR count). The standard InChI is InChI=1S/C18H24N2O/c1-13(12-15-8-5-6-11-18(15)21-4)20(3)17-10-7-9-16(19)14(17)2/h5-11,13H,12,19H2,1-4H3. The molecule has 1 unspecified atom stereocenters. The smallest absolute Gasteiger partial charge is 0.122 e. The normalized spacial score (nSPS) is 12.0. The molecule has 0 aromatic heterocycles. The minimum atomic E-state index is 0.349. The quantitative estimate of drug-likeness (QED) is 0.852. The number of nitrogen functional groups attached to an aromatic ring is 1. The summed E-state index contributed by atoms with van der Waals surface area (Å²) in [4.78, 5) is 2.28. The SMILES string of the molecule is COc1ccccc1CC(C)N(C)c1cccc(N)c1C. The largest absolute Gasteiger partial charge is 0.496 e. The first kappa shape index (κ1) is 15.2. The van der Waals surface area contributed by atoms with Crippen LogP contribution in [0.15, 0.2) is 42.5 Å². The highest BCUT2D eigenvalue weighted by molar-refractivity contribution is 5.64. The van der Waals surface area contributed by atoms with Crippen molar-refractivity contribution in [2.45, 2.75) is 26.3 Å². The first-order valence-electron chi connectivity index (χ1n) is 7.24. The average molecular weight is 284 g/mol. The Morgan fingerprint density at radius 2 is 1.86 bits per heavy atom. The number of nitrogens with two attached hydrogens (primary N) is 1. The van der Waals surface area contributed by atoms with Gasteiger partial charge >= 0.3 is 0 Å². The molecule has 0 bridgehead atoms. The number of nitrogens with zero attached hydrogens (tertiary/aromatic N) is 1. The molecule has 0 amide bonds. The van der Waals surface area contributed by atoms with Crippen LogP contribution >= 0.6 is 0 Å². The summed E-state index contributed by atoms with van der Waals surface area (Å²) in [5, 5.41) is 0. The lowest BCUT2D eigenvalue weighted by atomic mass is 10.0. The number of para-hydroxylation sites is 1. The zero-order valence-corrected chi connectivity index (χ0v) is 13.3. The van der Waals surface area contributed by atoms with Gasteiger partial charge in [0.1, 0.15) is 5.75 Å². The van der Waals surface area contributed by atoms with Gasteiger partial charge in [0.25, 0.3) is 0 Å². The van der Waals surface area contributed by atoms with E-state index < -0.39 is 0 Å². The molecule has 0 heterocycles. The molecule has 3 nitrogen and oxygen atoms in total. The predicted octanol–water partition coefficient (Wildman–Crippen LogP) is 3.65. The van der Waals surface area contributed by atoms with Crippen molar-refractivity contribution in [1.29, 1.82) is 0 Å². The van der Waals surface area contributed by atoms with E-state index in [1.54, 1.807) is 7.11 Å². The number of anilines is 2. The molecular formula is C18H24N2O. The second-order valence-corrected chi connectivity index (χ2v) is 5.47. The van der Waals surface area contributed by atoms with Crippen LogP contribution in [-0.2, 0) is 6.42 Å². The lowest BCUT2D eigenvalue weighted by molar-refractivity contribution is 0.408. The third-order valence-electron chi connectivity index (χ3n) is 4.10. The highest BCUT2D eigenvalue weighted by Crippen LogP contribution is 2.27. The van der Waals surface area contributed by atoms with Crippen LogP contribution in [0.1, 0.15) is 18.1 Å². The predicted molar refractivity (Wildman–Crippen MR) is 90.2 cm³/mol. The summed E-state index contributed by atoms with van der Waals surface area (Å²) in [6.07, 6.45) is 0.925. The maximum atomic E-state index is 6.01. The third kappa shape index (κ3) is 3.30. The maximum absolute atomic E-state index is 6.01. The molecule has 2 N–H and O–H groups in total. The molecule has 0 aliphatic carbocycles. The highest BCUT2D eigenvalue weighted by Gasteiger charge is 2.15. The Labute approximate surface area is 127 Å². The minimum Gasteiger partial charge on any atom is -0.496 e. The Morgan fingerprint density at radius 3 is 2.57 bits per heavy atom. The summed E-state index contributed by atoms with van der Waals surface area (Å²) in [6, 6.07) is 14.6. The van der Waals surface area contributed by atoms with Crippen LogP contribution < -0.4 is 15.4 Å². The molecule has 112 valence electrons. The Morgan fingerprint density at radius 1 is 1.14 bits per heavy atom. The van der Waals surface area contributed by atoms with Crippen molar-refractivity contribution >= 4 is 11.4 Å². The van der Waals surface area contributed by atoms with E-state index in [1.807, 2.05) is 24.3 Å². The monoisotopic (exact) mass is 284 g/mol. The van der Waals surface area contributed by atoms with Crippen LogP contribution in [0, 0.1) is 6.92 Å². The number of hydrogen-bond acceptors (Lipinski definition) is 3. The van der Waals surface area contributed by atoms with Crippen LogP contribution in [0.25, 0.3) is 0 Å². The van der Waals surface area contributed by atoms with Gasteiger partial charge in [0.15, 0.2) is 0 Å². The molecule has 21 heavy (non-hydrogen) atoms. The topological polar surface area (TPSA) is 38.5 Å². The van der Waals surface area contributed by atoms with E-state index in [0.717, 1.165) is 23.4 Å². The van der Waals surface area contributed by atoms with Gasteiger partial charge in [-0.05, 0) is 49.6 Å². The fraction of sp³-hybridized carbons (Fsp3) is 0.333. The van der Waals surface area contributed by atoms with Gasteiger partial charge in [0.2, 0.25) is 0 Å². The van der Waals surface area contributed by atoms with E-state index in [9.17, 15) is 0 Å². The van der Waals surface area contributed by atoms with Crippen LogP contribution in [0.3, 0.4) is 0 Å². The summed E-state index contributed by atoms with van der Waals surface area (Å²) in [5.74, 6) is 0.946. The number of likely N-dealkylation sites (N-methyl/N-ethyl adjacent to an activating group) is 1. The molecule has 0 aliphatic rings. The molecule has 2 aromatic carbocycles. The van der Waals surface area contributed by atoms with Crippen LogP contribution in [0.2, 0.25) is 0 Å². The molecule has 0 fully saturated rings. The molecule has 2 aromatic rings. The molecule has 0 aliphatic heterocycles. The van der Waals surface area contributed by atoms with Gasteiger partial charge in [-0.15, -0.1) is 0 Å². The van der Waals surface area contributed by atoms with Crippen molar-refractivity contribution in [3.05, 3.63) is 53.6 Å². The van der Waals surface area contributed by atoms with Crippen LogP contribution in [0.4, 0.5) is 11.4 Å². The molecule has 3 heteroatoms. The highest BCUT2D eigenvalue weighted by atomic mass is 16.5. The summed E-state index contributed by atoms with van der Waals surface area (Å²) in [5.41, 5.74) is 10.4. The van der Waals surface area contributed by atoms with E-state index in [1.165, 1.54) is 11.3 Å². The summed E-state index contributed by atoms with van der Waals surface area (Å²) >= 11 is 0. The fourth-order valence-electron chi connectivity index (χ4n) is 2.59. The van der Waals surface area contributed by atoms with E-state index in [4.69, 9.17) is 10.5 Å². The second-order valence-electron chi connectivity index (χ2n) is 5.47. The Balaban J connectivity index is 2.20. The van der Waals surface area contributed by atoms with Crippen molar-refractivity contribution in [3.63, 3.8) is 0 Å². The Kier molecular flexibility index (Phi) is 4.73. The molecule has 0 saturated heterocycles. The first-order valence-corrected chi connectivity index (χ1v) is 7.24. The van der Waals surface area contributed by atoms with Gasteiger partial charge in [-0.2, -0.15) is 0 Å². The molecule has 0 spiro atoms. The summed E-state index contributed by atoms with van der Waals surface area (Å²) < 4.78 is 5.44. The Bertz CT molecular complexity index is 610. The number of rotatable bonds is 5. The van der Waals surface area contributed by atoms with Crippen molar-refractivity contribution in [2.24, 2.45) is 0 Å². The number of benzene rings is 2. The van der Waals surface area contributed by atoms with Crippen molar-refractivity contribution in [3.8, 4) is 5.75 Å². The van der Waals surface area contributed by atoms with E-state index in [-0.39, 0.29) is 0 Å². The van der Waals surface area contributed by atoms with Gasteiger partial charge in [-0.3, -0.25) is 0 Å². The maximum Gasteiger partial charge on any atom is 0.122 e. The molecule has 1 atom stereocenters. The summed E-state index contributed by atoms with van der Waals surface area (Å²) in [7, 11) is 3.83. The molecule has 0 radical (unpaired) electrons. The Hall–Kier alpha value is -2.16. The minimum absolute atomic E-state index is 0.349. The lowest BCUT2D eigenvalue weighted by Gasteiger charge is -2.29. The third-order valence-corrected chi connectivity index (χ3v) is 4.10. The average Bonchev–Trinajstić information content (AvgIpc) is 2.50. The van der Waals surface area contributed by atoms with Crippen molar-refractivity contribution in [2.75, 3.05) is 24.8 Å². The number of hydrogen-bond donors (Lipinski definition) is 1. The lowest BCUT2D eigenvalue weighted by Crippen LogP contribution is -2.31. The second kappa shape index (κ2) is 6.53.